The Morgan fingerprint density at radius 1 is 1.24 bits per heavy atom. The van der Waals surface area contributed by atoms with E-state index in [1.54, 1.807) is 0 Å². The summed E-state index contributed by atoms with van der Waals surface area (Å²) in [6, 6.07) is 9.89. The molecule has 1 aliphatic rings. The lowest BCUT2D eigenvalue weighted by Crippen LogP contribution is -2.42. The molecule has 1 aromatic carbocycles. The van der Waals surface area contributed by atoms with Crippen LogP contribution in [0.1, 0.15) is 44.0 Å². The number of ether oxygens (including phenoxy) is 2. The maximum Gasteiger partial charge on any atom is 0.248 e. The topological polar surface area (TPSA) is 77.7 Å². The molecule has 1 amide bonds. The summed E-state index contributed by atoms with van der Waals surface area (Å²) in [6.45, 7) is 6.81. The number of aromatic nitrogens is 2. The normalized spacial score (nSPS) is 15.2. The molecule has 0 aliphatic carbocycles. The van der Waals surface area contributed by atoms with Crippen LogP contribution in [0.2, 0.25) is 0 Å². The van der Waals surface area contributed by atoms with Crippen LogP contribution in [0.25, 0.3) is 0 Å². The maximum atomic E-state index is 12.3. The molecule has 158 valence electrons. The van der Waals surface area contributed by atoms with Crippen LogP contribution in [0.3, 0.4) is 0 Å². The average molecular weight is 402 g/mol. The highest BCUT2D eigenvalue weighted by atomic mass is 16.5. The van der Waals surface area contributed by atoms with E-state index >= 15 is 0 Å². The van der Waals surface area contributed by atoms with Crippen molar-refractivity contribution in [2.45, 2.75) is 52.2 Å². The van der Waals surface area contributed by atoms with Gasteiger partial charge >= 0.3 is 0 Å². The predicted molar refractivity (Wildman–Crippen MR) is 108 cm³/mol. The maximum absolute atomic E-state index is 12.3. The fourth-order valence-corrected chi connectivity index (χ4v) is 3.33. The minimum atomic E-state index is 0.0452. The molecule has 0 unspecified atom stereocenters. The molecule has 0 saturated carbocycles. The molecule has 7 heteroatoms. The van der Waals surface area contributed by atoms with E-state index < -0.39 is 0 Å². The van der Waals surface area contributed by atoms with E-state index in [1.165, 1.54) is 0 Å². The van der Waals surface area contributed by atoms with Crippen LogP contribution in [0.5, 0.6) is 0 Å². The number of rotatable bonds is 10. The van der Waals surface area contributed by atoms with E-state index in [4.69, 9.17) is 14.0 Å². The van der Waals surface area contributed by atoms with Gasteiger partial charge in [-0.05, 0) is 24.3 Å². The van der Waals surface area contributed by atoms with Gasteiger partial charge in [-0.1, -0.05) is 49.3 Å². The van der Waals surface area contributed by atoms with E-state index in [-0.39, 0.29) is 18.6 Å². The molecule has 1 aliphatic heterocycles. The first-order valence-corrected chi connectivity index (χ1v) is 10.4. The van der Waals surface area contributed by atoms with Crippen LogP contribution in [-0.2, 0) is 33.7 Å². The average Bonchev–Trinajstić information content (AvgIpc) is 3.15. The highest BCUT2D eigenvalue weighted by Gasteiger charge is 2.23. The van der Waals surface area contributed by atoms with Crippen molar-refractivity contribution >= 4 is 5.91 Å². The smallest absolute Gasteiger partial charge is 0.248 e. The van der Waals surface area contributed by atoms with Gasteiger partial charge in [0.25, 0.3) is 0 Å². The summed E-state index contributed by atoms with van der Waals surface area (Å²) in [5.74, 6) is 1.93. The predicted octanol–water partition coefficient (Wildman–Crippen LogP) is 3.04. The van der Waals surface area contributed by atoms with E-state index in [0.29, 0.717) is 50.4 Å². The molecule has 2 heterocycles. The Morgan fingerprint density at radius 2 is 2.00 bits per heavy atom. The zero-order chi connectivity index (χ0) is 20.5. The van der Waals surface area contributed by atoms with Crippen LogP contribution >= 0.6 is 0 Å². The summed E-state index contributed by atoms with van der Waals surface area (Å²) < 4.78 is 16.8. The van der Waals surface area contributed by atoms with Crippen molar-refractivity contribution in [2.75, 3.05) is 26.3 Å². The molecule has 7 nitrogen and oxygen atoms in total. The third kappa shape index (κ3) is 7.25. The number of hydrogen-bond acceptors (Lipinski definition) is 6. The van der Waals surface area contributed by atoms with Crippen LogP contribution in [0, 0.1) is 5.92 Å². The van der Waals surface area contributed by atoms with Gasteiger partial charge in [-0.15, -0.1) is 0 Å². The zero-order valence-electron chi connectivity index (χ0n) is 17.4. The molecule has 2 aromatic rings. The number of piperidine rings is 1. The lowest BCUT2D eigenvalue weighted by atomic mass is 10.1. The van der Waals surface area contributed by atoms with Crippen LogP contribution < -0.4 is 0 Å². The van der Waals surface area contributed by atoms with Crippen LogP contribution in [0.15, 0.2) is 34.9 Å². The van der Waals surface area contributed by atoms with Gasteiger partial charge in [0.2, 0.25) is 11.8 Å². The number of nitrogens with zero attached hydrogens (tertiary/aromatic N) is 3. The molecular weight excluding hydrogens is 370 g/mol. The van der Waals surface area contributed by atoms with Gasteiger partial charge in [-0.3, -0.25) is 4.79 Å². The van der Waals surface area contributed by atoms with Crippen molar-refractivity contribution in [3.63, 3.8) is 0 Å². The SMILES string of the molecule is CC(C)Cc1nc(CCOC2CCN(C(=O)COCc3ccccc3)CC2)no1. The fourth-order valence-electron chi connectivity index (χ4n) is 3.33. The van der Waals surface area contributed by atoms with Crippen molar-refractivity contribution in [3.8, 4) is 0 Å². The summed E-state index contributed by atoms with van der Waals surface area (Å²) in [4.78, 5) is 18.6. The van der Waals surface area contributed by atoms with Gasteiger partial charge in [-0.2, -0.15) is 4.98 Å². The zero-order valence-corrected chi connectivity index (χ0v) is 17.4. The third-order valence-corrected chi connectivity index (χ3v) is 4.90. The molecule has 0 N–H and O–H groups in total. The molecule has 0 atom stereocenters. The molecular formula is C22H31N3O4. The minimum Gasteiger partial charge on any atom is -0.378 e. The summed E-state index contributed by atoms with van der Waals surface area (Å²) in [6.07, 6.45) is 3.31. The Morgan fingerprint density at radius 3 is 2.72 bits per heavy atom. The highest BCUT2D eigenvalue weighted by Crippen LogP contribution is 2.15. The summed E-state index contributed by atoms with van der Waals surface area (Å²) in [5, 5.41) is 4.00. The largest absolute Gasteiger partial charge is 0.378 e. The second-order valence-electron chi connectivity index (χ2n) is 7.88. The van der Waals surface area contributed by atoms with Crippen molar-refractivity contribution in [1.82, 2.24) is 15.0 Å². The Balaban J connectivity index is 1.28. The van der Waals surface area contributed by atoms with Gasteiger partial charge in [0.15, 0.2) is 5.82 Å². The van der Waals surface area contributed by atoms with E-state index in [2.05, 4.69) is 24.0 Å². The molecule has 0 bridgehead atoms. The number of likely N-dealkylation sites (tertiary alicyclic amines) is 1. The summed E-state index contributed by atoms with van der Waals surface area (Å²) in [7, 11) is 0. The molecule has 1 aromatic heterocycles. The Bertz CT molecular complexity index is 740. The lowest BCUT2D eigenvalue weighted by molar-refractivity contribution is -0.139. The van der Waals surface area contributed by atoms with Gasteiger partial charge in [0.1, 0.15) is 6.61 Å². The second-order valence-corrected chi connectivity index (χ2v) is 7.88. The number of hydrogen-bond donors (Lipinski definition) is 0. The standard InChI is InChI=1S/C22H31N3O4/c1-17(2)14-21-23-20(24-29-21)10-13-28-19-8-11-25(12-9-19)22(26)16-27-15-18-6-4-3-5-7-18/h3-7,17,19H,8-16H2,1-2H3. The Hall–Kier alpha value is -2.25. The molecule has 3 rings (SSSR count). The van der Waals surface area contributed by atoms with E-state index in [9.17, 15) is 4.79 Å². The monoisotopic (exact) mass is 401 g/mol. The van der Waals surface area contributed by atoms with Gasteiger partial charge in [-0.25, -0.2) is 0 Å². The first-order valence-electron chi connectivity index (χ1n) is 10.4. The number of carbonyl (C=O) groups is 1. The van der Waals surface area contributed by atoms with E-state index in [0.717, 1.165) is 24.8 Å². The molecule has 1 saturated heterocycles. The van der Waals surface area contributed by atoms with Gasteiger partial charge in [0.05, 0.1) is 19.3 Å². The first kappa shape index (κ1) is 21.5. The van der Waals surface area contributed by atoms with Crippen LogP contribution in [-0.4, -0.2) is 53.4 Å². The summed E-state index contributed by atoms with van der Waals surface area (Å²) >= 11 is 0. The van der Waals surface area contributed by atoms with Crippen molar-refractivity contribution in [2.24, 2.45) is 5.92 Å². The number of benzene rings is 1. The minimum absolute atomic E-state index is 0.0452. The van der Waals surface area contributed by atoms with Crippen molar-refractivity contribution in [3.05, 3.63) is 47.6 Å². The van der Waals surface area contributed by atoms with E-state index in [1.807, 2.05) is 35.2 Å². The second kappa shape index (κ2) is 11.1. The quantitative estimate of drug-likeness (QED) is 0.609. The van der Waals surface area contributed by atoms with Crippen molar-refractivity contribution < 1.29 is 18.8 Å². The number of carbonyl (C=O) groups excluding carboxylic acids is 1. The summed E-state index contributed by atoms with van der Waals surface area (Å²) in [5.41, 5.74) is 1.07. The lowest BCUT2D eigenvalue weighted by Gasteiger charge is -2.31. The highest BCUT2D eigenvalue weighted by molar-refractivity contribution is 5.77. The Kier molecular flexibility index (Phi) is 8.19. The van der Waals surface area contributed by atoms with Crippen molar-refractivity contribution in [1.29, 1.82) is 0 Å². The molecule has 0 spiro atoms. The number of amides is 1. The fraction of sp³-hybridized carbons (Fsp3) is 0.591. The van der Waals surface area contributed by atoms with Gasteiger partial charge < -0.3 is 18.9 Å². The van der Waals surface area contributed by atoms with Gasteiger partial charge in [0, 0.05) is 25.9 Å². The molecule has 29 heavy (non-hydrogen) atoms. The molecule has 1 fully saturated rings. The molecule has 0 radical (unpaired) electrons. The third-order valence-electron chi connectivity index (χ3n) is 4.90. The Labute approximate surface area is 172 Å². The first-order chi connectivity index (χ1) is 14.1. The van der Waals surface area contributed by atoms with Crippen LogP contribution in [0.4, 0.5) is 0 Å².